The summed E-state index contributed by atoms with van der Waals surface area (Å²) in [6.07, 6.45) is 2.55. The van der Waals surface area contributed by atoms with E-state index < -0.39 is 6.10 Å². The van der Waals surface area contributed by atoms with Crippen LogP contribution in [0.15, 0.2) is 109 Å². The van der Waals surface area contributed by atoms with Gasteiger partial charge in [-0.1, -0.05) is 74.0 Å². The van der Waals surface area contributed by atoms with Crippen molar-refractivity contribution in [2.24, 2.45) is 0 Å². The topological polar surface area (TPSA) is 76.1 Å². The minimum atomic E-state index is -0.526. The number of carbonyl (C=O) groups excluding carboxylic acids is 1. The molecule has 4 aromatic carbocycles. The van der Waals surface area contributed by atoms with Crippen molar-refractivity contribution in [3.8, 4) is 16.9 Å². The van der Waals surface area contributed by atoms with Crippen LogP contribution in [0.2, 0.25) is 0 Å². The van der Waals surface area contributed by atoms with Gasteiger partial charge in [0, 0.05) is 17.6 Å². The number of hydrogen-bond acceptors (Lipinski definition) is 5. The molecule has 2 N–H and O–H groups in total. The minimum absolute atomic E-state index is 0.111. The van der Waals surface area contributed by atoms with Crippen LogP contribution in [0, 0.1) is 0 Å². The van der Waals surface area contributed by atoms with Crippen LogP contribution in [-0.4, -0.2) is 22.0 Å². The summed E-state index contributed by atoms with van der Waals surface area (Å²) >= 11 is 0. The molecule has 6 nitrogen and oxygen atoms in total. The molecule has 0 aliphatic carbocycles. The van der Waals surface area contributed by atoms with Crippen LogP contribution in [0.1, 0.15) is 25.3 Å². The summed E-state index contributed by atoms with van der Waals surface area (Å²) in [6, 6.07) is 33.8. The van der Waals surface area contributed by atoms with Crippen LogP contribution in [0.3, 0.4) is 0 Å². The van der Waals surface area contributed by atoms with Gasteiger partial charge in [0.05, 0.1) is 5.52 Å². The Morgan fingerprint density at radius 3 is 2.39 bits per heavy atom. The zero-order chi connectivity index (χ0) is 26.2. The van der Waals surface area contributed by atoms with E-state index in [0.717, 1.165) is 45.5 Å². The summed E-state index contributed by atoms with van der Waals surface area (Å²) in [6.45, 7) is 2.47. The van der Waals surface area contributed by atoms with E-state index in [0.29, 0.717) is 18.7 Å². The largest absolute Gasteiger partial charge is 0.481 e. The Bertz CT molecular complexity index is 1510. The molecular formula is C32H30N4O2. The first-order chi connectivity index (χ1) is 18.7. The fourth-order valence-corrected chi connectivity index (χ4v) is 4.33. The first kappa shape index (κ1) is 25.0. The molecule has 0 fully saturated rings. The van der Waals surface area contributed by atoms with Gasteiger partial charge in [0.15, 0.2) is 6.10 Å². The van der Waals surface area contributed by atoms with Crippen molar-refractivity contribution in [2.45, 2.75) is 32.4 Å². The number of para-hydroxylation sites is 2. The third kappa shape index (κ3) is 6.16. The highest BCUT2D eigenvalue weighted by Gasteiger charge is 2.19. The molecule has 38 heavy (non-hydrogen) atoms. The summed E-state index contributed by atoms with van der Waals surface area (Å²) in [5, 5.41) is 7.39. The van der Waals surface area contributed by atoms with Crippen molar-refractivity contribution in [1.29, 1.82) is 0 Å². The van der Waals surface area contributed by atoms with Crippen molar-refractivity contribution in [2.75, 3.05) is 5.32 Å². The average molecular weight is 503 g/mol. The van der Waals surface area contributed by atoms with E-state index in [1.54, 1.807) is 6.33 Å². The van der Waals surface area contributed by atoms with Crippen molar-refractivity contribution in [1.82, 2.24) is 15.3 Å². The number of ether oxygens (including phenoxy) is 1. The summed E-state index contributed by atoms with van der Waals surface area (Å²) in [4.78, 5) is 21.9. The third-order valence-corrected chi connectivity index (χ3v) is 6.26. The van der Waals surface area contributed by atoms with Gasteiger partial charge in [0.25, 0.3) is 5.91 Å². The van der Waals surface area contributed by atoms with Gasteiger partial charge in [-0.05, 0) is 65.6 Å². The number of aromatic nitrogens is 2. The maximum absolute atomic E-state index is 12.9. The van der Waals surface area contributed by atoms with E-state index in [2.05, 4.69) is 44.9 Å². The van der Waals surface area contributed by atoms with E-state index in [4.69, 9.17) is 4.74 Å². The van der Waals surface area contributed by atoms with E-state index in [1.165, 1.54) is 0 Å². The van der Waals surface area contributed by atoms with Crippen molar-refractivity contribution < 1.29 is 9.53 Å². The second kappa shape index (κ2) is 12.0. The number of nitrogens with zero attached hydrogens (tertiary/aromatic N) is 2. The SMILES string of the molecule is CCCC(Oc1ccccc1)C(=O)NCc1cccc(-c2ccc3ncnc(Nc4ccccc4)c3c2)c1. The highest BCUT2D eigenvalue weighted by molar-refractivity contribution is 5.93. The number of anilines is 2. The molecule has 5 rings (SSSR count). The minimum Gasteiger partial charge on any atom is -0.481 e. The zero-order valence-electron chi connectivity index (χ0n) is 21.3. The average Bonchev–Trinajstić information content (AvgIpc) is 2.97. The second-order valence-electron chi connectivity index (χ2n) is 9.07. The maximum atomic E-state index is 12.9. The molecule has 1 amide bonds. The van der Waals surface area contributed by atoms with Gasteiger partial charge in [-0.25, -0.2) is 9.97 Å². The fraction of sp³-hybridized carbons (Fsp3) is 0.156. The lowest BCUT2D eigenvalue weighted by Crippen LogP contribution is -2.38. The van der Waals surface area contributed by atoms with Gasteiger partial charge >= 0.3 is 0 Å². The summed E-state index contributed by atoms with van der Waals surface area (Å²) in [5.74, 6) is 1.34. The molecular weight excluding hydrogens is 472 g/mol. The summed E-state index contributed by atoms with van der Waals surface area (Å²) in [7, 11) is 0. The molecule has 1 heterocycles. The first-order valence-corrected chi connectivity index (χ1v) is 12.8. The normalized spacial score (nSPS) is 11.6. The molecule has 1 atom stereocenters. The Balaban J connectivity index is 1.32. The van der Waals surface area contributed by atoms with Crippen molar-refractivity contribution >= 4 is 28.3 Å². The van der Waals surface area contributed by atoms with Gasteiger partial charge in [0.2, 0.25) is 0 Å². The van der Waals surface area contributed by atoms with Crippen LogP contribution in [0.5, 0.6) is 5.75 Å². The highest BCUT2D eigenvalue weighted by atomic mass is 16.5. The number of benzene rings is 4. The zero-order valence-corrected chi connectivity index (χ0v) is 21.3. The van der Waals surface area contributed by atoms with Gasteiger partial charge in [-0.2, -0.15) is 0 Å². The number of amides is 1. The van der Waals surface area contributed by atoms with E-state index in [9.17, 15) is 4.79 Å². The Morgan fingerprint density at radius 2 is 1.61 bits per heavy atom. The Labute approximate surface area is 222 Å². The molecule has 0 aliphatic heterocycles. The molecule has 0 aliphatic rings. The molecule has 0 radical (unpaired) electrons. The molecule has 0 saturated heterocycles. The Kier molecular flexibility index (Phi) is 7.89. The molecule has 0 spiro atoms. The highest BCUT2D eigenvalue weighted by Crippen LogP contribution is 2.29. The van der Waals surface area contributed by atoms with E-state index in [-0.39, 0.29) is 5.91 Å². The number of hydrogen-bond donors (Lipinski definition) is 2. The molecule has 0 bridgehead atoms. The van der Waals surface area contributed by atoms with Crippen LogP contribution >= 0.6 is 0 Å². The summed E-state index contributed by atoms with van der Waals surface area (Å²) < 4.78 is 5.96. The second-order valence-corrected chi connectivity index (χ2v) is 9.07. The smallest absolute Gasteiger partial charge is 0.261 e. The molecule has 0 saturated carbocycles. The predicted molar refractivity (Wildman–Crippen MR) is 152 cm³/mol. The summed E-state index contributed by atoms with van der Waals surface area (Å²) in [5.41, 5.74) is 4.95. The Hall–Kier alpha value is -4.71. The third-order valence-electron chi connectivity index (χ3n) is 6.26. The van der Waals surface area contributed by atoms with Crippen LogP contribution in [0.4, 0.5) is 11.5 Å². The number of carbonyl (C=O) groups is 1. The van der Waals surface area contributed by atoms with Gasteiger partial charge in [0.1, 0.15) is 17.9 Å². The molecule has 190 valence electrons. The number of nitrogens with one attached hydrogen (secondary N) is 2. The Morgan fingerprint density at radius 1 is 0.842 bits per heavy atom. The predicted octanol–water partition coefficient (Wildman–Crippen LogP) is 6.90. The first-order valence-electron chi connectivity index (χ1n) is 12.8. The standard InChI is InChI=1S/C32H30N4O2/c1-2-10-30(38-27-15-7-4-8-16-27)32(37)33-21-23-11-9-12-24(19-23)25-17-18-29-28(20-25)31(35-22-34-29)36-26-13-5-3-6-14-26/h3-9,11-20,22,30H,2,10,21H2,1H3,(H,33,37)(H,34,35,36). The number of rotatable bonds is 10. The lowest BCUT2D eigenvalue weighted by atomic mass is 10.0. The van der Waals surface area contributed by atoms with Gasteiger partial charge < -0.3 is 15.4 Å². The lowest BCUT2D eigenvalue weighted by molar-refractivity contribution is -0.128. The molecule has 1 unspecified atom stereocenters. The van der Waals surface area contributed by atoms with Crippen LogP contribution in [-0.2, 0) is 11.3 Å². The number of fused-ring (bicyclic) bond motifs is 1. The van der Waals surface area contributed by atoms with Gasteiger partial charge in [-0.3, -0.25) is 4.79 Å². The monoisotopic (exact) mass is 502 g/mol. The van der Waals surface area contributed by atoms with Crippen molar-refractivity contribution in [3.63, 3.8) is 0 Å². The van der Waals surface area contributed by atoms with E-state index >= 15 is 0 Å². The maximum Gasteiger partial charge on any atom is 0.261 e. The van der Waals surface area contributed by atoms with Crippen molar-refractivity contribution in [3.05, 3.63) is 115 Å². The lowest BCUT2D eigenvalue weighted by Gasteiger charge is -2.18. The van der Waals surface area contributed by atoms with Gasteiger partial charge in [-0.15, -0.1) is 0 Å². The van der Waals surface area contributed by atoms with Crippen LogP contribution in [0.25, 0.3) is 22.0 Å². The fourth-order valence-electron chi connectivity index (χ4n) is 4.33. The molecule has 1 aromatic heterocycles. The van der Waals surface area contributed by atoms with Crippen LogP contribution < -0.4 is 15.4 Å². The quantitative estimate of drug-likeness (QED) is 0.217. The molecule has 5 aromatic rings. The van der Waals surface area contributed by atoms with E-state index in [1.807, 2.05) is 85.8 Å². The molecule has 6 heteroatoms.